The van der Waals surface area contributed by atoms with Crippen LogP contribution in [0.5, 0.6) is 5.75 Å². The number of hydrogen-bond acceptors (Lipinski definition) is 5. The van der Waals surface area contributed by atoms with Gasteiger partial charge in [0.15, 0.2) is 9.84 Å². The molecule has 2 heterocycles. The standard InChI is InChI=1S/C26H32N2O5S/c1-19-6-3-8-22(14-19)26(30)28-13-11-24(16-28)33-23-9-4-7-21(15-23)18-34(31,32)25-10-5-12-27(17-25)20(2)29/h3-4,6-9,14-15,24-25H,5,10-13,16-18H2,1-2H3/t24-,25?/m0/s1. The highest BCUT2D eigenvalue weighted by molar-refractivity contribution is 7.91. The Hall–Kier alpha value is -2.87. The number of rotatable bonds is 6. The van der Waals surface area contributed by atoms with Gasteiger partial charge in [-0.15, -0.1) is 0 Å². The van der Waals surface area contributed by atoms with Crippen LogP contribution in [0.25, 0.3) is 0 Å². The SMILES string of the molecule is CC(=O)N1CCCC(S(=O)(=O)Cc2cccc(O[C@H]3CCN(C(=O)c4cccc(C)c4)C3)c2)C1. The summed E-state index contributed by atoms with van der Waals surface area (Å²) >= 11 is 0. The maximum absolute atomic E-state index is 13.0. The summed E-state index contributed by atoms with van der Waals surface area (Å²) in [5.74, 6) is 0.448. The van der Waals surface area contributed by atoms with Gasteiger partial charge in [-0.05, 0) is 49.6 Å². The van der Waals surface area contributed by atoms with Gasteiger partial charge in [-0.1, -0.05) is 29.8 Å². The van der Waals surface area contributed by atoms with E-state index in [1.807, 2.05) is 37.3 Å². The quantitative estimate of drug-likeness (QED) is 0.629. The number of nitrogens with zero attached hydrogens (tertiary/aromatic N) is 2. The molecule has 0 N–H and O–H groups in total. The maximum atomic E-state index is 13.0. The molecular weight excluding hydrogens is 452 g/mol. The summed E-state index contributed by atoms with van der Waals surface area (Å²) in [7, 11) is -3.40. The van der Waals surface area contributed by atoms with E-state index in [2.05, 4.69) is 0 Å². The van der Waals surface area contributed by atoms with Gasteiger partial charge in [-0.25, -0.2) is 8.42 Å². The number of hydrogen-bond donors (Lipinski definition) is 0. The molecule has 182 valence electrons. The van der Waals surface area contributed by atoms with Crippen molar-refractivity contribution in [2.24, 2.45) is 0 Å². The van der Waals surface area contributed by atoms with Gasteiger partial charge in [0.25, 0.3) is 5.91 Å². The molecule has 2 aromatic rings. The number of aryl methyl sites for hydroxylation is 1. The van der Waals surface area contributed by atoms with Crippen LogP contribution in [0, 0.1) is 6.92 Å². The Bertz CT molecular complexity index is 1160. The molecular formula is C26H32N2O5S. The Balaban J connectivity index is 1.36. The summed E-state index contributed by atoms with van der Waals surface area (Å²) in [6.07, 6.45) is 1.87. The first-order valence-corrected chi connectivity index (χ1v) is 13.5. The zero-order valence-electron chi connectivity index (χ0n) is 19.8. The van der Waals surface area contributed by atoms with Crippen molar-refractivity contribution < 1.29 is 22.7 Å². The van der Waals surface area contributed by atoms with E-state index in [-0.39, 0.29) is 30.2 Å². The Labute approximate surface area is 201 Å². The summed E-state index contributed by atoms with van der Waals surface area (Å²) in [5.41, 5.74) is 2.40. The minimum atomic E-state index is -3.40. The number of carbonyl (C=O) groups is 2. The molecule has 34 heavy (non-hydrogen) atoms. The second kappa shape index (κ2) is 10.2. The van der Waals surface area contributed by atoms with Crippen molar-refractivity contribution in [3.05, 3.63) is 65.2 Å². The number of sulfone groups is 1. The number of benzene rings is 2. The van der Waals surface area contributed by atoms with Gasteiger partial charge in [0.05, 0.1) is 17.5 Å². The summed E-state index contributed by atoms with van der Waals surface area (Å²) in [5, 5.41) is -0.536. The lowest BCUT2D eigenvalue weighted by molar-refractivity contribution is -0.129. The van der Waals surface area contributed by atoms with E-state index in [4.69, 9.17) is 4.74 Å². The first-order chi connectivity index (χ1) is 16.2. The molecule has 2 atom stereocenters. The highest BCUT2D eigenvalue weighted by Crippen LogP contribution is 2.25. The van der Waals surface area contributed by atoms with E-state index in [1.54, 1.807) is 28.0 Å². The number of likely N-dealkylation sites (tertiary alicyclic amines) is 2. The molecule has 4 rings (SSSR count). The first-order valence-electron chi connectivity index (χ1n) is 11.8. The Morgan fingerprint density at radius 3 is 2.56 bits per heavy atom. The number of amides is 2. The second-order valence-corrected chi connectivity index (χ2v) is 11.6. The lowest BCUT2D eigenvalue weighted by Gasteiger charge is -2.31. The predicted octanol–water partition coefficient (Wildman–Crippen LogP) is 3.21. The zero-order chi connectivity index (χ0) is 24.3. The fraction of sp³-hybridized carbons (Fsp3) is 0.462. The van der Waals surface area contributed by atoms with Gasteiger partial charge in [-0.3, -0.25) is 9.59 Å². The molecule has 0 aromatic heterocycles. The molecule has 2 aliphatic rings. The molecule has 2 amide bonds. The van der Waals surface area contributed by atoms with E-state index < -0.39 is 15.1 Å². The van der Waals surface area contributed by atoms with Gasteiger partial charge in [-0.2, -0.15) is 0 Å². The van der Waals surface area contributed by atoms with Crippen molar-refractivity contribution >= 4 is 21.7 Å². The summed E-state index contributed by atoms with van der Waals surface area (Å²) in [6.45, 7) is 5.45. The Morgan fingerprint density at radius 1 is 1.00 bits per heavy atom. The molecule has 0 aliphatic carbocycles. The third-order valence-corrected chi connectivity index (χ3v) is 8.73. The van der Waals surface area contributed by atoms with Gasteiger partial charge >= 0.3 is 0 Å². The average molecular weight is 485 g/mol. The third kappa shape index (κ3) is 5.78. The fourth-order valence-electron chi connectivity index (χ4n) is 4.74. The minimum Gasteiger partial charge on any atom is -0.489 e. The topological polar surface area (TPSA) is 84.0 Å². The molecule has 7 nitrogen and oxygen atoms in total. The highest BCUT2D eigenvalue weighted by Gasteiger charge is 2.32. The molecule has 0 spiro atoms. The second-order valence-electron chi connectivity index (χ2n) is 9.33. The molecule has 0 radical (unpaired) electrons. The normalized spacial score (nSPS) is 20.9. The monoisotopic (exact) mass is 484 g/mol. The van der Waals surface area contributed by atoms with Crippen molar-refractivity contribution in [1.82, 2.24) is 9.80 Å². The van der Waals surface area contributed by atoms with Gasteiger partial charge in [0.1, 0.15) is 11.9 Å². The van der Waals surface area contributed by atoms with Crippen molar-refractivity contribution in [3.63, 3.8) is 0 Å². The van der Waals surface area contributed by atoms with Crippen LogP contribution in [0.15, 0.2) is 48.5 Å². The van der Waals surface area contributed by atoms with Crippen LogP contribution in [0.3, 0.4) is 0 Å². The van der Waals surface area contributed by atoms with Crippen LogP contribution in [0.2, 0.25) is 0 Å². The van der Waals surface area contributed by atoms with Crippen LogP contribution in [-0.2, 0) is 20.4 Å². The summed E-state index contributed by atoms with van der Waals surface area (Å²) < 4.78 is 32.2. The zero-order valence-corrected chi connectivity index (χ0v) is 20.6. The molecule has 2 fully saturated rings. The van der Waals surface area contributed by atoms with E-state index in [1.165, 1.54) is 6.92 Å². The largest absolute Gasteiger partial charge is 0.489 e. The summed E-state index contributed by atoms with van der Waals surface area (Å²) in [4.78, 5) is 27.9. The molecule has 0 bridgehead atoms. The molecule has 0 saturated carbocycles. The number of ether oxygens (including phenoxy) is 1. The van der Waals surface area contributed by atoms with Crippen LogP contribution in [0.4, 0.5) is 0 Å². The van der Waals surface area contributed by atoms with E-state index in [9.17, 15) is 18.0 Å². The predicted molar refractivity (Wildman–Crippen MR) is 130 cm³/mol. The van der Waals surface area contributed by atoms with E-state index in [0.717, 1.165) is 12.0 Å². The minimum absolute atomic E-state index is 0.00160. The molecule has 2 aromatic carbocycles. The average Bonchev–Trinajstić information content (AvgIpc) is 3.27. The Morgan fingerprint density at radius 2 is 1.79 bits per heavy atom. The number of carbonyl (C=O) groups excluding carboxylic acids is 2. The van der Waals surface area contributed by atoms with Crippen molar-refractivity contribution in [2.75, 3.05) is 26.2 Å². The van der Waals surface area contributed by atoms with Gasteiger partial charge < -0.3 is 14.5 Å². The molecule has 2 saturated heterocycles. The smallest absolute Gasteiger partial charge is 0.253 e. The Kier molecular flexibility index (Phi) is 7.26. The van der Waals surface area contributed by atoms with Crippen LogP contribution in [-0.4, -0.2) is 67.6 Å². The van der Waals surface area contributed by atoms with Crippen molar-refractivity contribution in [1.29, 1.82) is 0 Å². The van der Waals surface area contributed by atoms with Gasteiger partial charge in [0.2, 0.25) is 5.91 Å². The molecule has 1 unspecified atom stereocenters. The first kappa shape index (κ1) is 24.3. The van der Waals surface area contributed by atoms with Gasteiger partial charge in [0, 0.05) is 38.5 Å². The third-order valence-electron chi connectivity index (χ3n) is 6.60. The van der Waals surface area contributed by atoms with Crippen molar-refractivity contribution in [3.8, 4) is 5.75 Å². The lowest BCUT2D eigenvalue weighted by Crippen LogP contribution is -2.44. The van der Waals surface area contributed by atoms with Crippen LogP contribution >= 0.6 is 0 Å². The van der Waals surface area contributed by atoms with Crippen LogP contribution < -0.4 is 4.74 Å². The highest BCUT2D eigenvalue weighted by atomic mass is 32.2. The summed E-state index contributed by atoms with van der Waals surface area (Å²) in [6, 6.07) is 14.8. The number of piperidine rings is 1. The maximum Gasteiger partial charge on any atom is 0.253 e. The van der Waals surface area contributed by atoms with Crippen LogP contribution in [0.1, 0.15) is 47.7 Å². The van der Waals surface area contributed by atoms with E-state index in [0.29, 0.717) is 49.4 Å². The molecule has 2 aliphatic heterocycles. The van der Waals surface area contributed by atoms with E-state index >= 15 is 0 Å². The lowest BCUT2D eigenvalue weighted by atomic mass is 10.1. The molecule has 8 heteroatoms. The van der Waals surface area contributed by atoms with Crippen molar-refractivity contribution in [2.45, 2.75) is 50.2 Å². The fourth-order valence-corrected chi connectivity index (χ4v) is 6.55.